The quantitative estimate of drug-likeness (QED) is 0.136. The Morgan fingerprint density at radius 2 is 0.836 bits per heavy atom. The maximum absolute atomic E-state index is 5.51. The van der Waals surface area contributed by atoms with Crippen LogP contribution in [0.15, 0.2) is 188 Å². The van der Waals surface area contributed by atoms with Gasteiger partial charge in [-0.25, -0.2) is 15.0 Å². The molecule has 0 saturated carbocycles. The van der Waals surface area contributed by atoms with Crippen LogP contribution >= 0.6 is 0 Å². The van der Waals surface area contributed by atoms with Crippen molar-refractivity contribution in [2.24, 2.45) is 0 Å². The van der Waals surface area contributed by atoms with Gasteiger partial charge in [-0.05, 0) is 82.9 Å². The molecule has 0 saturated heterocycles. The molecule has 0 N–H and O–H groups in total. The number of rotatable bonds is 3. The Bertz CT molecular complexity index is 3170. The smallest absolute Gasteiger partial charge is 0.165 e. The Hall–Kier alpha value is -7.23. The molecule has 0 aliphatic heterocycles. The highest BCUT2D eigenvalue weighted by molar-refractivity contribution is 6.19. The van der Waals surface area contributed by atoms with Crippen LogP contribution in [0.2, 0.25) is 0 Å². The Morgan fingerprint density at radius 3 is 1.60 bits per heavy atom. The summed E-state index contributed by atoms with van der Waals surface area (Å²) in [6, 6.07) is 67.8. The van der Waals surface area contributed by atoms with E-state index >= 15 is 0 Å². The van der Waals surface area contributed by atoms with Crippen LogP contribution in [0, 0.1) is 0 Å². The fraction of sp³-hybridized carbons (Fsp3) is 0.0192. The summed E-state index contributed by atoms with van der Waals surface area (Å²) in [5, 5.41) is 6.99. The number of nitrogens with zero attached hydrogens (tertiary/aromatic N) is 3. The summed E-state index contributed by atoms with van der Waals surface area (Å²) in [6.07, 6.45) is 0. The molecule has 0 bridgehead atoms. The molecule has 0 atom stereocenters. The maximum atomic E-state index is 5.51. The zero-order valence-electron chi connectivity index (χ0n) is 29.7. The van der Waals surface area contributed by atoms with Gasteiger partial charge in [0, 0.05) is 16.7 Å². The standard InChI is InChI=1S/C52H31N3/c1-2-16-33(17-3-1)49-53-50(55-51(54-49)48-36-20-7-5-18-34(36)31-42-35-19-6-4-15-32(35)29-30-39(42)48)41-24-14-28-46-47(41)40-23-10-13-27-45(40)52(46)43-25-11-8-21-37(43)38-22-9-12-26-44(38)52/h1-31H. The first kappa shape index (κ1) is 30.3. The lowest BCUT2D eigenvalue weighted by molar-refractivity contribution is 0.794. The Balaban J connectivity index is 1.19. The number of hydrogen-bond acceptors (Lipinski definition) is 3. The van der Waals surface area contributed by atoms with E-state index in [0.717, 1.165) is 32.8 Å². The van der Waals surface area contributed by atoms with Gasteiger partial charge < -0.3 is 0 Å². The molecule has 55 heavy (non-hydrogen) atoms. The Labute approximate surface area is 318 Å². The van der Waals surface area contributed by atoms with E-state index in [1.165, 1.54) is 60.7 Å². The molecule has 3 nitrogen and oxygen atoms in total. The van der Waals surface area contributed by atoms with Gasteiger partial charge in [0.1, 0.15) is 0 Å². The average molecular weight is 698 g/mol. The summed E-state index contributed by atoms with van der Waals surface area (Å²) < 4.78 is 0. The van der Waals surface area contributed by atoms with Crippen molar-refractivity contribution < 1.29 is 0 Å². The summed E-state index contributed by atoms with van der Waals surface area (Å²) in [4.78, 5) is 16.2. The van der Waals surface area contributed by atoms with Gasteiger partial charge in [0.25, 0.3) is 0 Å². The van der Waals surface area contributed by atoms with Gasteiger partial charge in [0.05, 0.1) is 5.41 Å². The van der Waals surface area contributed by atoms with E-state index in [1.54, 1.807) is 0 Å². The van der Waals surface area contributed by atoms with Gasteiger partial charge in [-0.3, -0.25) is 0 Å². The van der Waals surface area contributed by atoms with Crippen molar-refractivity contribution in [2.75, 3.05) is 0 Å². The first-order valence-corrected chi connectivity index (χ1v) is 18.9. The van der Waals surface area contributed by atoms with E-state index in [2.05, 4.69) is 170 Å². The van der Waals surface area contributed by atoms with Gasteiger partial charge in [-0.2, -0.15) is 0 Å². The van der Waals surface area contributed by atoms with E-state index in [4.69, 9.17) is 15.0 Å². The van der Waals surface area contributed by atoms with Crippen LogP contribution in [0.1, 0.15) is 22.3 Å². The molecule has 2 aliphatic carbocycles. The van der Waals surface area contributed by atoms with Gasteiger partial charge in [0.2, 0.25) is 0 Å². The molecule has 12 rings (SSSR count). The van der Waals surface area contributed by atoms with Crippen molar-refractivity contribution in [3.63, 3.8) is 0 Å². The molecule has 0 unspecified atom stereocenters. The van der Waals surface area contributed by atoms with E-state index in [9.17, 15) is 0 Å². The van der Waals surface area contributed by atoms with Crippen molar-refractivity contribution in [3.05, 3.63) is 210 Å². The third kappa shape index (κ3) is 4.12. The maximum Gasteiger partial charge on any atom is 0.165 e. The second kappa shape index (κ2) is 11.4. The van der Waals surface area contributed by atoms with Crippen molar-refractivity contribution >= 4 is 32.3 Å². The second-order valence-corrected chi connectivity index (χ2v) is 14.6. The topological polar surface area (TPSA) is 38.7 Å². The van der Waals surface area contributed by atoms with E-state index in [-0.39, 0.29) is 0 Å². The lowest BCUT2D eigenvalue weighted by atomic mass is 9.70. The molecule has 1 aromatic heterocycles. The lowest BCUT2D eigenvalue weighted by Gasteiger charge is -2.30. The zero-order valence-corrected chi connectivity index (χ0v) is 29.7. The molecule has 0 amide bonds. The van der Waals surface area contributed by atoms with Crippen LogP contribution in [-0.4, -0.2) is 15.0 Å². The highest BCUT2D eigenvalue weighted by atomic mass is 15.0. The van der Waals surface area contributed by atoms with Crippen molar-refractivity contribution in [3.8, 4) is 56.4 Å². The van der Waals surface area contributed by atoms with E-state index in [1.807, 2.05) is 18.2 Å². The van der Waals surface area contributed by atoms with Crippen molar-refractivity contribution in [2.45, 2.75) is 5.41 Å². The molecule has 3 heteroatoms. The monoisotopic (exact) mass is 697 g/mol. The molecule has 2 aliphatic rings. The van der Waals surface area contributed by atoms with Gasteiger partial charge in [-0.1, -0.05) is 182 Å². The summed E-state index contributed by atoms with van der Waals surface area (Å²) in [7, 11) is 0. The van der Waals surface area contributed by atoms with E-state index in [0.29, 0.717) is 17.5 Å². The Morgan fingerprint density at radius 1 is 0.291 bits per heavy atom. The fourth-order valence-corrected chi connectivity index (χ4v) is 9.72. The van der Waals surface area contributed by atoms with Crippen LogP contribution in [0.25, 0.3) is 88.7 Å². The molecule has 254 valence electrons. The molecule has 0 radical (unpaired) electrons. The largest absolute Gasteiger partial charge is 0.208 e. The number of benzene rings is 9. The summed E-state index contributed by atoms with van der Waals surface area (Å²) in [6.45, 7) is 0. The highest BCUT2D eigenvalue weighted by Gasteiger charge is 2.52. The average Bonchev–Trinajstić information content (AvgIpc) is 3.73. The minimum Gasteiger partial charge on any atom is -0.208 e. The number of aromatic nitrogens is 3. The number of fused-ring (bicyclic) bond motifs is 14. The van der Waals surface area contributed by atoms with Gasteiger partial charge >= 0.3 is 0 Å². The predicted octanol–water partition coefficient (Wildman–Crippen LogP) is 12.7. The van der Waals surface area contributed by atoms with Gasteiger partial charge in [-0.15, -0.1) is 0 Å². The second-order valence-electron chi connectivity index (χ2n) is 14.6. The third-order valence-electron chi connectivity index (χ3n) is 11.9. The van der Waals surface area contributed by atoms with Crippen molar-refractivity contribution in [1.82, 2.24) is 15.0 Å². The van der Waals surface area contributed by atoms with Gasteiger partial charge in [0.15, 0.2) is 17.5 Å². The molecule has 1 spiro atoms. The first-order valence-electron chi connectivity index (χ1n) is 18.9. The molecule has 9 aromatic carbocycles. The fourth-order valence-electron chi connectivity index (χ4n) is 9.72. The SMILES string of the molecule is c1ccc(-c2nc(-c3cccc4c3-c3ccccc3C43c4ccccc4-c4ccccc43)nc(-c3c4ccccc4cc4c3ccc3ccccc34)n2)cc1. The van der Waals surface area contributed by atoms with Crippen LogP contribution < -0.4 is 0 Å². The molecule has 1 heterocycles. The van der Waals surface area contributed by atoms with Crippen LogP contribution in [-0.2, 0) is 5.41 Å². The van der Waals surface area contributed by atoms with E-state index < -0.39 is 5.41 Å². The summed E-state index contributed by atoms with van der Waals surface area (Å²) >= 11 is 0. The summed E-state index contributed by atoms with van der Waals surface area (Å²) in [5.41, 5.74) is 12.6. The summed E-state index contributed by atoms with van der Waals surface area (Å²) in [5.74, 6) is 1.97. The Kier molecular flexibility index (Phi) is 6.26. The van der Waals surface area contributed by atoms with Crippen LogP contribution in [0.5, 0.6) is 0 Å². The predicted molar refractivity (Wildman–Crippen MR) is 225 cm³/mol. The highest BCUT2D eigenvalue weighted by Crippen LogP contribution is 2.63. The molecular formula is C52H31N3. The first-order chi connectivity index (χ1) is 27.3. The lowest BCUT2D eigenvalue weighted by Crippen LogP contribution is -2.25. The minimum atomic E-state index is -0.458. The number of hydrogen-bond donors (Lipinski definition) is 0. The zero-order chi connectivity index (χ0) is 36.1. The van der Waals surface area contributed by atoms with Crippen LogP contribution in [0.4, 0.5) is 0 Å². The third-order valence-corrected chi connectivity index (χ3v) is 11.9. The molecule has 10 aromatic rings. The van der Waals surface area contributed by atoms with Crippen LogP contribution in [0.3, 0.4) is 0 Å². The molecule has 0 fully saturated rings. The molecular weight excluding hydrogens is 667 g/mol. The van der Waals surface area contributed by atoms with Crippen molar-refractivity contribution in [1.29, 1.82) is 0 Å². The minimum absolute atomic E-state index is 0.458. The normalized spacial score (nSPS) is 13.2.